The summed E-state index contributed by atoms with van der Waals surface area (Å²) in [5.41, 5.74) is 1.03. The van der Waals surface area contributed by atoms with Crippen LogP contribution in [0.3, 0.4) is 0 Å². The molecule has 0 N–H and O–H groups in total. The van der Waals surface area contributed by atoms with Gasteiger partial charge in [0.05, 0.1) is 0 Å². The first-order valence-electron chi connectivity index (χ1n) is 5.98. The normalized spacial score (nSPS) is 12.3. The van der Waals surface area contributed by atoms with Crippen molar-refractivity contribution in [3.8, 4) is 5.75 Å². The summed E-state index contributed by atoms with van der Waals surface area (Å²) in [5.74, 6) is 0.909. The molecule has 1 aromatic rings. The molecule has 94 valence electrons. The van der Waals surface area contributed by atoms with Gasteiger partial charge in [0.15, 0.2) is 0 Å². The van der Waals surface area contributed by atoms with Crippen molar-refractivity contribution < 1.29 is 9.22 Å². The lowest BCUT2D eigenvalue weighted by molar-refractivity contribution is -0.107. The lowest BCUT2D eigenvalue weighted by Crippen LogP contribution is -2.43. The monoisotopic (exact) mass is 250 g/mol. The predicted octanol–water partition coefficient (Wildman–Crippen LogP) is 3.81. The SMILES string of the molecule is CC(C)(C)[Si](C)(C)Oc1ccc(CC=O)cc1. The number of carbonyl (C=O) groups is 1. The lowest BCUT2D eigenvalue weighted by atomic mass is 10.2. The zero-order chi connectivity index (χ0) is 13.1. The quantitative estimate of drug-likeness (QED) is 0.600. The fourth-order valence-electron chi connectivity index (χ4n) is 1.24. The number of hydrogen-bond acceptors (Lipinski definition) is 2. The summed E-state index contributed by atoms with van der Waals surface area (Å²) >= 11 is 0. The van der Waals surface area contributed by atoms with E-state index in [1.165, 1.54) is 0 Å². The van der Waals surface area contributed by atoms with Gasteiger partial charge in [0.2, 0.25) is 8.32 Å². The molecule has 0 aliphatic carbocycles. The average Bonchev–Trinajstić information content (AvgIpc) is 2.19. The van der Waals surface area contributed by atoms with Crippen LogP contribution in [0, 0.1) is 0 Å². The highest BCUT2D eigenvalue weighted by atomic mass is 28.4. The summed E-state index contributed by atoms with van der Waals surface area (Å²) in [5, 5.41) is 0.203. The largest absolute Gasteiger partial charge is 0.544 e. The smallest absolute Gasteiger partial charge is 0.250 e. The predicted molar refractivity (Wildman–Crippen MR) is 74.0 cm³/mol. The molecule has 3 heteroatoms. The van der Waals surface area contributed by atoms with Gasteiger partial charge in [0, 0.05) is 6.42 Å². The van der Waals surface area contributed by atoms with E-state index in [2.05, 4.69) is 33.9 Å². The summed E-state index contributed by atoms with van der Waals surface area (Å²) in [4.78, 5) is 10.4. The van der Waals surface area contributed by atoms with E-state index < -0.39 is 8.32 Å². The van der Waals surface area contributed by atoms with Crippen molar-refractivity contribution >= 4 is 14.6 Å². The summed E-state index contributed by atoms with van der Waals surface area (Å²) in [7, 11) is -1.75. The highest BCUT2D eigenvalue weighted by molar-refractivity contribution is 6.74. The molecule has 0 aromatic heterocycles. The average molecular weight is 250 g/mol. The fourth-order valence-corrected chi connectivity index (χ4v) is 2.27. The maximum absolute atomic E-state index is 10.4. The molecule has 0 atom stereocenters. The zero-order valence-corrected chi connectivity index (χ0v) is 12.4. The van der Waals surface area contributed by atoms with E-state index in [0.717, 1.165) is 17.6 Å². The van der Waals surface area contributed by atoms with Gasteiger partial charge >= 0.3 is 0 Å². The van der Waals surface area contributed by atoms with Crippen molar-refractivity contribution in [2.24, 2.45) is 0 Å². The van der Waals surface area contributed by atoms with Crippen LogP contribution >= 0.6 is 0 Å². The van der Waals surface area contributed by atoms with E-state index in [9.17, 15) is 4.79 Å². The van der Waals surface area contributed by atoms with Gasteiger partial charge in [0.25, 0.3) is 0 Å². The van der Waals surface area contributed by atoms with Crippen molar-refractivity contribution in [2.45, 2.75) is 45.3 Å². The molecule has 0 amide bonds. The van der Waals surface area contributed by atoms with Gasteiger partial charge in [-0.3, -0.25) is 0 Å². The van der Waals surface area contributed by atoms with Crippen LogP contribution in [0.15, 0.2) is 24.3 Å². The van der Waals surface area contributed by atoms with Crippen molar-refractivity contribution in [3.05, 3.63) is 29.8 Å². The first-order chi connectivity index (χ1) is 7.76. The molecular weight excluding hydrogens is 228 g/mol. The third kappa shape index (κ3) is 3.70. The van der Waals surface area contributed by atoms with Crippen LogP contribution in [0.5, 0.6) is 5.75 Å². The Morgan fingerprint density at radius 3 is 2.12 bits per heavy atom. The Labute approximate surface area is 105 Å². The topological polar surface area (TPSA) is 26.3 Å². The molecule has 0 saturated carbocycles. The van der Waals surface area contributed by atoms with E-state index in [0.29, 0.717) is 6.42 Å². The maximum Gasteiger partial charge on any atom is 0.250 e. The number of hydrogen-bond donors (Lipinski definition) is 0. The first kappa shape index (κ1) is 14.0. The van der Waals surface area contributed by atoms with E-state index >= 15 is 0 Å². The number of aldehydes is 1. The third-order valence-electron chi connectivity index (χ3n) is 3.42. The van der Waals surface area contributed by atoms with Crippen LogP contribution in [0.4, 0.5) is 0 Å². The van der Waals surface area contributed by atoms with Crippen LogP contribution < -0.4 is 4.43 Å². The maximum atomic E-state index is 10.4. The zero-order valence-electron chi connectivity index (χ0n) is 11.4. The Morgan fingerprint density at radius 1 is 1.18 bits per heavy atom. The van der Waals surface area contributed by atoms with E-state index in [-0.39, 0.29) is 5.04 Å². The summed E-state index contributed by atoms with van der Waals surface area (Å²) in [6, 6.07) is 7.83. The lowest BCUT2D eigenvalue weighted by Gasteiger charge is -2.36. The second-order valence-corrected chi connectivity index (χ2v) is 10.6. The minimum Gasteiger partial charge on any atom is -0.544 e. The Bertz CT molecular complexity index is 374. The molecule has 0 saturated heterocycles. The van der Waals surface area contributed by atoms with Gasteiger partial charge in [-0.2, -0.15) is 0 Å². The second kappa shape index (κ2) is 5.04. The van der Waals surface area contributed by atoms with Gasteiger partial charge in [-0.15, -0.1) is 0 Å². The highest BCUT2D eigenvalue weighted by Gasteiger charge is 2.38. The minimum absolute atomic E-state index is 0.203. The Hall–Kier alpha value is -1.09. The Balaban J connectivity index is 2.79. The van der Waals surface area contributed by atoms with E-state index in [1.54, 1.807) is 0 Å². The molecule has 0 aliphatic heterocycles. The molecule has 0 radical (unpaired) electrons. The summed E-state index contributed by atoms with van der Waals surface area (Å²) < 4.78 is 6.15. The van der Waals surface area contributed by atoms with E-state index in [1.807, 2.05) is 24.3 Å². The van der Waals surface area contributed by atoms with Crippen molar-refractivity contribution in [2.75, 3.05) is 0 Å². The molecule has 0 spiro atoms. The van der Waals surface area contributed by atoms with Gasteiger partial charge < -0.3 is 9.22 Å². The fraction of sp³-hybridized carbons (Fsp3) is 0.500. The van der Waals surface area contributed by atoms with Crippen LogP contribution in [0.2, 0.25) is 18.1 Å². The molecule has 0 heterocycles. The Morgan fingerprint density at radius 2 is 1.71 bits per heavy atom. The third-order valence-corrected chi connectivity index (χ3v) is 7.78. The van der Waals surface area contributed by atoms with Crippen molar-refractivity contribution in [3.63, 3.8) is 0 Å². The minimum atomic E-state index is -1.75. The van der Waals surface area contributed by atoms with Crippen LogP contribution in [-0.2, 0) is 11.2 Å². The standard InChI is InChI=1S/C14H22O2Si/c1-14(2,3)17(4,5)16-13-8-6-12(7-9-13)10-11-15/h6-9,11H,10H2,1-5H3. The van der Waals surface area contributed by atoms with E-state index in [4.69, 9.17) is 4.43 Å². The van der Waals surface area contributed by atoms with Gasteiger partial charge in [-0.25, -0.2) is 0 Å². The van der Waals surface area contributed by atoms with Crippen LogP contribution in [0.25, 0.3) is 0 Å². The van der Waals surface area contributed by atoms with Crippen LogP contribution in [0.1, 0.15) is 26.3 Å². The number of benzene rings is 1. The highest BCUT2D eigenvalue weighted by Crippen LogP contribution is 2.37. The molecule has 17 heavy (non-hydrogen) atoms. The molecular formula is C14H22O2Si. The molecule has 0 aliphatic rings. The summed E-state index contributed by atoms with van der Waals surface area (Å²) in [6.45, 7) is 11.1. The number of carbonyl (C=O) groups excluding carboxylic acids is 1. The molecule has 0 unspecified atom stereocenters. The van der Waals surface area contributed by atoms with Gasteiger partial charge in [-0.05, 0) is 35.8 Å². The molecule has 2 nitrogen and oxygen atoms in total. The molecule has 1 aromatic carbocycles. The van der Waals surface area contributed by atoms with Crippen molar-refractivity contribution in [1.82, 2.24) is 0 Å². The van der Waals surface area contributed by atoms with Crippen LogP contribution in [-0.4, -0.2) is 14.6 Å². The summed E-state index contributed by atoms with van der Waals surface area (Å²) in [6.07, 6.45) is 1.39. The molecule has 1 rings (SSSR count). The van der Waals surface area contributed by atoms with Gasteiger partial charge in [-0.1, -0.05) is 32.9 Å². The molecule has 0 bridgehead atoms. The molecule has 0 fully saturated rings. The Kier molecular flexibility index (Phi) is 4.15. The number of rotatable bonds is 4. The first-order valence-corrected chi connectivity index (χ1v) is 8.89. The van der Waals surface area contributed by atoms with Gasteiger partial charge in [0.1, 0.15) is 12.0 Å². The second-order valence-electron chi connectivity index (χ2n) is 5.88. The van der Waals surface area contributed by atoms with Crippen molar-refractivity contribution in [1.29, 1.82) is 0 Å².